The van der Waals surface area contributed by atoms with Crippen molar-refractivity contribution >= 4 is 33.6 Å². The number of carbonyl (C=O) groups excluding carboxylic acids is 1. The van der Waals surface area contributed by atoms with Crippen LogP contribution in [0.4, 0.5) is 0 Å². The van der Waals surface area contributed by atoms with Gasteiger partial charge >= 0.3 is 0 Å². The van der Waals surface area contributed by atoms with E-state index in [4.69, 9.17) is 0 Å². The first-order valence-electron chi connectivity index (χ1n) is 7.36. The number of carbonyl (C=O) groups is 1. The minimum Gasteiger partial charge on any atom is -0.396 e. The van der Waals surface area contributed by atoms with Crippen molar-refractivity contribution in [3.63, 3.8) is 0 Å². The van der Waals surface area contributed by atoms with E-state index in [-0.39, 0.29) is 12.5 Å². The molecule has 1 aliphatic rings. The van der Waals surface area contributed by atoms with E-state index in [2.05, 4.69) is 34.2 Å². The largest absolute Gasteiger partial charge is 0.396 e. The summed E-state index contributed by atoms with van der Waals surface area (Å²) < 4.78 is 1.06. The summed E-state index contributed by atoms with van der Waals surface area (Å²) in [6.45, 7) is 2.99. The topological polar surface area (TPSA) is 49.3 Å². The van der Waals surface area contributed by atoms with Gasteiger partial charge in [-0.05, 0) is 55.4 Å². The van der Waals surface area contributed by atoms with Crippen molar-refractivity contribution in [2.45, 2.75) is 31.1 Å². The average molecular weight is 372 g/mol. The number of benzene rings is 1. The maximum Gasteiger partial charge on any atom is 0.230 e. The maximum absolute atomic E-state index is 11.9. The Kier molecular flexibility index (Phi) is 6.58. The van der Waals surface area contributed by atoms with Crippen LogP contribution in [0.25, 0.3) is 0 Å². The molecule has 0 aromatic heterocycles. The standard InChI is InChI=1S/C16H22BrNO2S/c1-11-7-14(17)5-6-15(11)21-10-16(20)18-8-12-3-2-4-13(12)9-19/h5-7,12-13,19H,2-4,8-10H2,1H3,(H,18,20). The van der Waals surface area contributed by atoms with E-state index in [0.717, 1.165) is 22.2 Å². The number of nitrogens with one attached hydrogen (secondary N) is 1. The van der Waals surface area contributed by atoms with Crippen LogP contribution >= 0.6 is 27.7 Å². The lowest BCUT2D eigenvalue weighted by Crippen LogP contribution is -2.32. The fourth-order valence-electron chi connectivity index (χ4n) is 2.84. The van der Waals surface area contributed by atoms with Gasteiger partial charge in [0.15, 0.2) is 0 Å². The highest BCUT2D eigenvalue weighted by Crippen LogP contribution is 2.30. The van der Waals surface area contributed by atoms with E-state index in [1.165, 1.54) is 12.0 Å². The van der Waals surface area contributed by atoms with E-state index in [1.54, 1.807) is 11.8 Å². The fourth-order valence-corrected chi connectivity index (χ4v) is 4.15. The Morgan fingerprint density at radius 3 is 2.90 bits per heavy atom. The molecule has 21 heavy (non-hydrogen) atoms. The third-order valence-corrected chi connectivity index (χ3v) is 5.78. The average Bonchev–Trinajstić information content (AvgIpc) is 2.91. The van der Waals surface area contributed by atoms with Gasteiger partial charge in [0.05, 0.1) is 5.75 Å². The molecule has 3 nitrogen and oxygen atoms in total. The number of aliphatic hydroxyl groups excluding tert-OH is 1. The molecule has 1 saturated carbocycles. The Hall–Kier alpha value is -0.520. The number of aryl methyl sites for hydroxylation is 1. The first-order chi connectivity index (χ1) is 10.1. The quantitative estimate of drug-likeness (QED) is 0.753. The van der Waals surface area contributed by atoms with E-state index in [9.17, 15) is 9.90 Å². The van der Waals surface area contributed by atoms with Crippen LogP contribution < -0.4 is 5.32 Å². The molecular formula is C16H22BrNO2S. The molecule has 0 heterocycles. The van der Waals surface area contributed by atoms with Crippen molar-refractivity contribution in [3.05, 3.63) is 28.2 Å². The molecule has 2 rings (SSSR count). The number of hydrogen-bond acceptors (Lipinski definition) is 3. The molecule has 0 bridgehead atoms. The van der Waals surface area contributed by atoms with Gasteiger partial charge in [-0.3, -0.25) is 4.79 Å². The minimum absolute atomic E-state index is 0.0749. The summed E-state index contributed by atoms with van der Waals surface area (Å²) in [7, 11) is 0. The van der Waals surface area contributed by atoms with Gasteiger partial charge in [0.2, 0.25) is 5.91 Å². The Bertz CT molecular complexity index is 495. The molecule has 0 spiro atoms. The number of halogens is 1. The molecule has 2 atom stereocenters. The van der Waals surface area contributed by atoms with Gasteiger partial charge in [-0.15, -0.1) is 11.8 Å². The lowest BCUT2D eigenvalue weighted by atomic mass is 9.97. The van der Waals surface area contributed by atoms with E-state index < -0.39 is 0 Å². The Morgan fingerprint density at radius 2 is 2.19 bits per heavy atom. The SMILES string of the molecule is Cc1cc(Br)ccc1SCC(=O)NCC1CCCC1CO. The first kappa shape index (κ1) is 16.8. The van der Waals surface area contributed by atoms with Gasteiger partial charge in [0.1, 0.15) is 0 Å². The summed E-state index contributed by atoms with van der Waals surface area (Å²) in [5, 5.41) is 12.3. The number of amides is 1. The number of rotatable bonds is 6. The lowest BCUT2D eigenvalue weighted by molar-refractivity contribution is -0.118. The van der Waals surface area contributed by atoms with Crippen LogP contribution in [0.2, 0.25) is 0 Å². The third-order valence-electron chi connectivity index (χ3n) is 4.11. The molecule has 1 amide bonds. The molecular weight excluding hydrogens is 350 g/mol. The second-order valence-corrected chi connectivity index (χ2v) is 7.57. The Morgan fingerprint density at radius 1 is 1.43 bits per heavy atom. The highest BCUT2D eigenvalue weighted by Gasteiger charge is 2.26. The van der Waals surface area contributed by atoms with Crippen LogP contribution in [0.15, 0.2) is 27.6 Å². The van der Waals surface area contributed by atoms with Gasteiger partial charge < -0.3 is 10.4 Å². The predicted octanol–water partition coefficient (Wildman–Crippen LogP) is 3.37. The summed E-state index contributed by atoms with van der Waals surface area (Å²) in [6.07, 6.45) is 3.37. The van der Waals surface area contributed by atoms with Crippen molar-refractivity contribution < 1.29 is 9.90 Å². The molecule has 0 aliphatic heterocycles. The van der Waals surface area contributed by atoms with Gasteiger partial charge in [-0.25, -0.2) is 0 Å². The molecule has 1 aromatic rings. The van der Waals surface area contributed by atoms with Crippen LogP contribution in [-0.4, -0.2) is 29.9 Å². The van der Waals surface area contributed by atoms with Crippen LogP contribution in [-0.2, 0) is 4.79 Å². The summed E-state index contributed by atoms with van der Waals surface area (Å²) in [5.74, 6) is 1.33. The molecule has 5 heteroatoms. The monoisotopic (exact) mass is 371 g/mol. The molecule has 1 fully saturated rings. The molecule has 116 valence electrons. The highest BCUT2D eigenvalue weighted by atomic mass is 79.9. The summed E-state index contributed by atoms with van der Waals surface area (Å²) in [5.41, 5.74) is 1.18. The number of aliphatic hydroxyl groups is 1. The molecule has 2 N–H and O–H groups in total. The van der Waals surface area contributed by atoms with Crippen molar-refractivity contribution in [2.75, 3.05) is 18.9 Å². The Labute approximate surface area is 139 Å². The van der Waals surface area contributed by atoms with Crippen molar-refractivity contribution in [1.82, 2.24) is 5.32 Å². The van der Waals surface area contributed by atoms with Gasteiger partial charge in [0, 0.05) is 22.5 Å². The van der Waals surface area contributed by atoms with Crippen LogP contribution in [0, 0.1) is 18.8 Å². The van der Waals surface area contributed by atoms with Crippen LogP contribution in [0.1, 0.15) is 24.8 Å². The lowest BCUT2D eigenvalue weighted by Gasteiger charge is -2.17. The van der Waals surface area contributed by atoms with Crippen molar-refractivity contribution in [3.8, 4) is 0 Å². The van der Waals surface area contributed by atoms with Crippen LogP contribution in [0.5, 0.6) is 0 Å². The zero-order chi connectivity index (χ0) is 15.2. The van der Waals surface area contributed by atoms with Crippen LogP contribution in [0.3, 0.4) is 0 Å². The molecule has 0 saturated heterocycles. The second-order valence-electron chi connectivity index (χ2n) is 5.64. The third kappa shape index (κ3) is 5.01. The summed E-state index contributed by atoms with van der Waals surface area (Å²) in [4.78, 5) is 13.1. The van der Waals surface area contributed by atoms with E-state index >= 15 is 0 Å². The highest BCUT2D eigenvalue weighted by molar-refractivity contribution is 9.10. The first-order valence-corrected chi connectivity index (χ1v) is 9.14. The van der Waals surface area contributed by atoms with Gasteiger partial charge in [-0.1, -0.05) is 22.4 Å². The second kappa shape index (κ2) is 8.20. The number of hydrogen-bond donors (Lipinski definition) is 2. The van der Waals surface area contributed by atoms with Crippen molar-refractivity contribution in [1.29, 1.82) is 0 Å². The zero-order valence-electron chi connectivity index (χ0n) is 12.3. The minimum atomic E-state index is 0.0749. The predicted molar refractivity (Wildman–Crippen MR) is 90.5 cm³/mol. The smallest absolute Gasteiger partial charge is 0.230 e. The van der Waals surface area contributed by atoms with Crippen molar-refractivity contribution in [2.24, 2.45) is 11.8 Å². The van der Waals surface area contributed by atoms with E-state index in [1.807, 2.05) is 12.1 Å². The number of thioether (sulfide) groups is 1. The molecule has 2 unspecified atom stereocenters. The van der Waals surface area contributed by atoms with E-state index in [0.29, 0.717) is 24.1 Å². The maximum atomic E-state index is 11.9. The zero-order valence-corrected chi connectivity index (χ0v) is 14.7. The molecule has 1 aliphatic carbocycles. The molecule has 0 radical (unpaired) electrons. The normalized spacial score (nSPS) is 21.5. The fraction of sp³-hybridized carbons (Fsp3) is 0.562. The van der Waals surface area contributed by atoms with Gasteiger partial charge in [-0.2, -0.15) is 0 Å². The summed E-state index contributed by atoms with van der Waals surface area (Å²) in [6, 6.07) is 6.10. The molecule has 1 aromatic carbocycles. The summed E-state index contributed by atoms with van der Waals surface area (Å²) >= 11 is 5.01. The van der Waals surface area contributed by atoms with Gasteiger partial charge in [0.25, 0.3) is 0 Å². The Balaban J connectivity index is 1.74.